The average molecular weight is 475 g/mol. The number of carbonyl (C=O) groups excluding carboxylic acids is 2. The lowest BCUT2D eigenvalue weighted by Gasteiger charge is -2.15. The maximum absolute atomic E-state index is 12.8. The number of amides is 2. The zero-order valence-corrected chi connectivity index (χ0v) is 17.8. The number of halogens is 1. The summed E-state index contributed by atoms with van der Waals surface area (Å²) in [4.78, 5) is 25.5. The molecule has 2 amide bonds. The first-order chi connectivity index (χ1) is 13.5. The number of hydrazine groups is 1. The molecule has 2 aromatic carbocycles. The Labute approximate surface area is 180 Å². The lowest BCUT2D eigenvalue weighted by Crippen LogP contribution is -2.44. The fourth-order valence-electron chi connectivity index (χ4n) is 2.37. The van der Waals surface area contributed by atoms with Crippen molar-refractivity contribution in [3.8, 4) is 5.75 Å². The van der Waals surface area contributed by atoms with Gasteiger partial charge in [0.15, 0.2) is 4.32 Å². The summed E-state index contributed by atoms with van der Waals surface area (Å²) >= 11 is 9.80. The molecule has 1 fully saturated rings. The molecule has 1 aliphatic rings. The predicted octanol–water partition coefficient (Wildman–Crippen LogP) is 4.56. The molecule has 8 heteroatoms. The van der Waals surface area contributed by atoms with Crippen molar-refractivity contribution >= 4 is 62.1 Å². The monoisotopic (exact) mass is 474 g/mol. The Bertz CT molecular complexity index is 977. The van der Waals surface area contributed by atoms with Crippen LogP contribution in [0.25, 0.3) is 6.08 Å². The van der Waals surface area contributed by atoms with Gasteiger partial charge >= 0.3 is 0 Å². The maximum atomic E-state index is 12.8. The lowest BCUT2D eigenvalue weighted by molar-refractivity contribution is -0.123. The van der Waals surface area contributed by atoms with Crippen molar-refractivity contribution in [1.29, 1.82) is 0 Å². The van der Waals surface area contributed by atoms with E-state index in [0.717, 1.165) is 21.2 Å². The van der Waals surface area contributed by atoms with Gasteiger partial charge in [-0.15, -0.1) is 0 Å². The van der Waals surface area contributed by atoms with E-state index in [-0.39, 0.29) is 4.32 Å². The standard InChI is InChI=1S/C20H15BrN2O3S2/c1-2-10-26-16-9-8-15(21)11-14(16)12-17-19(25)23(20(27)28-17)22-18(24)13-6-4-3-5-7-13/h2-9,11-12H,1,10H2,(H,22,24)/b17-12-. The molecule has 2 aromatic rings. The molecule has 1 aliphatic heterocycles. The molecule has 0 bridgehead atoms. The van der Waals surface area contributed by atoms with E-state index in [1.165, 1.54) is 0 Å². The highest BCUT2D eigenvalue weighted by Gasteiger charge is 2.34. The minimum absolute atomic E-state index is 0.254. The summed E-state index contributed by atoms with van der Waals surface area (Å²) in [5.74, 6) is -0.189. The Morgan fingerprint density at radius 3 is 2.75 bits per heavy atom. The predicted molar refractivity (Wildman–Crippen MR) is 119 cm³/mol. The van der Waals surface area contributed by atoms with Crippen LogP contribution < -0.4 is 10.2 Å². The van der Waals surface area contributed by atoms with Gasteiger partial charge in [-0.25, -0.2) is 0 Å². The fourth-order valence-corrected chi connectivity index (χ4v) is 3.92. The molecule has 3 rings (SSSR count). The number of rotatable bonds is 6. The van der Waals surface area contributed by atoms with Crippen LogP contribution in [-0.4, -0.2) is 27.8 Å². The number of benzene rings is 2. The summed E-state index contributed by atoms with van der Waals surface area (Å²) < 4.78 is 6.74. The zero-order valence-electron chi connectivity index (χ0n) is 14.6. The summed E-state index contributed by atoms with van der Waals surface area (Å²) in [7, 11) is 0. The third-order valence-electron chi connectivity index (χ3n) is 3.66. The Morgan fingerprint density at radius 1 is 1.29 bits per heavy atom. The molecule has 1 saturated heterocycles. The van der Waals surface area contributed by atoms with Gasteiger partial charge in [-0.3, -0.25) is 15.0 Å². The SMILES string of the molecule is C=CCOc1ccc(Br)cc1/C=C1\SC(=S)N(NC(=O)c2ccccc2)C1=O. The van der Waals surface area contributed by atoms with Crippen molar-refractivity contribution in [1.82, 2.24) is 10.4 Å². The summed E-state index contributed by atoms with van der Waals surface area (Å²) in [6.07, 6.45) is 3.33. The van der Waals surface area contributed by atoms with Crippen LogP contribution >= 0.6 is 39.9 Å². The molecule has 0 radical (unpaired) electrons. The number of hydrogen-bond donors (Lipinski definition) is 1. The van der Waals surface area contributed by atoms with Crippen LogP contribution in [0.4, 0.5) is 0 Å². The number of carbonyl (C=O) groups is 2. The van der Waals surface area contributed by atoms with E-state index in [9.17, 15) is 9.59 Å². The number of nitrogens with one attached hydrogen (secondary N) is 1. The Hall–Kier alpha value is -2.42. The maximum Gasteiger partial charge on any atom is 0.285 e. The van der Waals surface area contributed by atoms with Gasteiger partial charge < -0.3 is 4.74 Å². The van der Waals surface area contributed by atoms with Gasteiger partial charge in [0.2, 0.25) is 0 Å². The quantitative estimate of drug-likeness (QED) is 0.377. The Balaban J connectivity index is 1.82. The highest BCUT2D eigenvalue weighted by molar-refractivity contribution is 9.10. The molecule has 28 heavy (non-hydrogen) atoms. The molecule has 0 spiro atoms. The molecule has 0 aromatic heterocycles. The number of ether oxygens (including phenoxy) is 1. The van der Waals surface area contributed by atoms with E-state index in [4.69, 9.17) is 17.0 Å². The first-order valence-corrected chi connectivity index (χ1v) is 10.2. The van der Waals surface area contributed by atoms with Crippen LogP contribution in [0.1, 0.15) is 15.9 Å². The number of thioether (sulfide) groups is 1. The van der Waals surface area contributed by atoms with Crippen LogP contribution in [0, 0.1) is 0 Å². The van der Waals surface area contributed by atoms with E-state index >= 15 is 0 Å². The summed E-state index contributed by atoms with van der Waals surface area (Å²) in [6, 6.07) is 14.1. The van der Waals surface area contributed by atoms with Crippen LogP contribution in [0.5, 0.6) is 5.75 Å². The second-order valence-corrected chi connectivity index (χ2v) is 8.20. The first-order valence-electron chi connectivity index (χ1n) is 8.17. The minimum Gasteiger partial charge on any atom is -0.489 e. The van der Waals surface area contributed by atoms with E-state index in [1.54, 1.807) is 42.5 Å². The van der Waals surface area contributed by atoms with Crippen molar-refractivity contribution in [2.24, 2.45) is 0 Å². The average Bonchev–Trinajstić information content (AvgIpc) is 2.95. The van der Waals surface area contributed by atoms with E-state index < -0.39 is 11.8 Å². The Kier molecular flexibility index (Phi) is 6.66. The molecule has 142 valence electrons. The zero-order chi connectivity index (χ0) is 20.1. The molecule has 1 N–H and O–H groups in total. The largest absolute Gasteiger partial charge is 0.489 e. The van der Waals surface area contributed by atoms with Crippen molar-refractivity contribution < 1.29 is 14.3 Å². The van der Waals surface area contributed by atoms with Crippen molar-refractivity contribution in [2.45, 2.75) is 0 Å². The van der Waals surface area contributed by atoms with Crippen LogP contribution in [0.15, 0.2) is 70.6 Å². The van der Waals surface area contributed by atoms with Crippen molar-refractivity contribution in [2.75, 3.05) is 6.61 Å². The fraction of sp³-hybridized carbons (Fsp3) is 0.0500. The van der Waals surface area contributed by atoms with Gasteiger partial charge in [-0.2, -0.15) is 5.01 Å². The Morgan fingerprint density at radius 2 is 2.04 bits per heavy atom. The molecule has 5 nitrogen and oxygen atoms in total. The van der Waals surface area contributed by atoms with Gasteiger partial charge in [0.1, 0.15) is 12.4 Å². The lowest BCUT2D eigenvalue weighted by atomic mass is 10.2. The van der Waals surface area contributed by atoms with Crippen LogP contribution in [0.2, 0.25) is 0 Å². The first kappa shape index (κ1) is 20.3. The topological polar surface area (TPSA) is 58.6 Å². The van der Waals surface area contributed by atoms with Crippen molar-refractivity contribution in [3.63, 3.8) is 0 Å². The second kappa shape index (κ2) is 9.18. The third-order valence-corrected chi connectivity index (χ3v) is 5.45. The van der Waals surface area contributed by atoms with E-state index in [2.05, 4.69) is 27.9 Å². The second-order valence-electron chi connectivity index (χ2n) is 5.61. The molecule has 0 saturated carbocycles. The van der Waals surface area contributed by atoms with Gasteiger partial charge in [0.05, 0.1) is 4.91 Å². The summed E-state index contributed by atoms with van der Waals surface area (Å²) in [5.41, 5.74) is 3.71. The molecular weight excluding hydrogens is 460 g/mol. The van der Waals surface area contributed by atoms with E-state index in [0.29, 0.717) is 28.4 Å². The third kappa shape index (κ3) is 4.70. The van der Waals surface area contributed by atoms with Gasteiger partial charge in [0, 0.05) is 15.6 Å². The molecule has 1 heterocycles. The van der Waals surface area contributed by atoms with Gasteiger partial charge in [-0.05, 0) is 48.6 Å². The summed E-state index contributed by atoms with van der Waals surface area (Å²) in [6.45, 7) is 3.98. The summed E-state index contributed by atoms with van der Waals surface area (Å²) in [5, 5.41) is 1.09. The molecule has 0 aliphatic carbocycles. The van der Waals surface area contributed by atoms with Crippen LogP contribution in [-0.2, 0) is 4.79 Å². The van der Waals surface area contributed by atoms with Crippen molar-refractivity contribution in [3.05, 3.63) is 81.7 Å². The molecule has 0 unspecified atom stereocenters. The smallest absolute Gasteiger partial charge is 0.285 e. The number of nitrogens with zero attached hydrogens (tertiary/aromatic N) is 1. The van der Waals surface area contributed by atoms with Gasteiger partial charge in [-0.1, -0.05) is 58.5 Å². The number of thiocarbonyl (C=S) groups is 1. The normalized spacial score (nSPS) is 15.0. The van der Waals surface area contributed by atoms with Gasteiger partial charge in [0.25, 0.3) is 11.8 Å². The molecule has 0 atom stereocenters. The number of hydrogen-bond acceptors (Lipinski definition) is 5. The molecular formula is C20H15BrN2O3S2. The highest BCUT2D eigenvalue weighted by atomic mass is 79.9. The van der Waals surface area contributed by atoms with E-state index in [1.807, 2.05) is 18.2 Å². The van der Waals surface area contributed by atoms with Crippen LogP contribution in [0.3, 0.4) is 0 Å². The highest BCUT2D eigenvalue weighted by Crippen LogP contribution is 2.34. The minimum atomic E-state index is -0.407.